The summed E-state index contributed by atoms with van der Waals surface area (Å²) in [7, 11) is 0. The van der Waals surface area contributed by atoms with Crippen molar-refractivity contribution in [2.45, 2.75) is 32.2 Å². The average Bonchev–Trinajstić information content (AvgIpc) is 2.29. The van der Waals surface area contributed by atoms with Gasteiger partial charge in [-0.2, -0.15) is 0 Å². The first-order chi connectivity index (χ1) is 8.01. The maximum atomic E-state index is 12.2. The van der Waals surface area contributed by atoms with Gasteiger partial charge in [-0.15, -0.1) is 6.42 Å². The Balaban J connectivity index is 2.49. The fourth-order valence-corrected chi connectivity index (χ4v) is 2.23. The molecule has 0 aromatic heterocycles. The van der Waals surface area contributed by atoms with Crippen LogP contribution in [0.5, 0.6) is 0 Å². The normalized spacial score (nSPS) is 20.7. The highest BCUT2D eigenvalue weighted by atomic mass is 16.2. The molecule has 1 atom stereocenters. The quantitative estimate of drug-likeness (QED) is 0.715. The Kier molecular flexibility index (Phi) is 4.98. The van der Waals surface area contributed by atoms with Gasteiger partial charge in [0.2, 0.25) is 5.91 Å². The van der Waals surface area contributed by atoms with E-state index >= 15 is 0 Å². The first-order valence-corrected chi connectivity index (χ1v) is 6.25. The van der Waals surface area contributed by atoms with Crippen LogP contribution in [-0.2, 0) is 4.79 Å². The number of rotatable bonds is 4. The fourth-order valence-electron chi connectivity index (χ4n) is 2.23. The molecule has 0 spiro atoms. The van der Waals surface area contributed by atoms with Crippen molar-refractivity contribution in [3.05, 3.63) is 0 Å². The van der Waals surface area contributed by atoms with Gasteiger partial charge in [-0.25, -0.2) is 0 Å². The summed E-state index contributed by atoms with van der Waals surface area (Å²) >= 11 is 0. The molecule has 1 unspecified atom stereocenters. The lowest BCUT2D eigenvalue weighted by atomic mass is 9.95. The van der Waals surface area contributed by atoms with E-state index < -0.39 is 5.54 Å². The molecule has 1 aliphatic heterocycles. The number of piperazine rings is 1. The van der Waals surface area contributed by atoms with Crippen molar-refractivity contribution >= 4 is 5.91 Å². The molecule has 0 bridgehead atoms. The van der Waals surface area contributed by atoms with E-state index in [-0.39, 0.29) is 5.91 Å². The number of hydrogen-bond donors (Lipinski definition) is 1. The number of carbonyl (C=O) groups is 1. The Morgan fingerprint density at radius 2 is 2.00 bits per heavy atom. The van der Waals surface area contributed by atoms with E-state index in [9.17, 15) is 4.79 Å². The minimum Gasteiger partial charge on any atom is -0.339 e. The zero-order chi connectivity index (χ0) is 12.9. The van der Waals surface area contributed by atoms with Crippen molar-refractivity contribution in [3.8, 4) is 12.3 Å². The maximum Gasteiger partial charge on any atom is 0.242 e. The standard InChI is InChI=1S/C13H23N3O/c1-4-6-13(3,14)12(17)16-10-8-15(7-5-2)9-11-16/h2H,4,6-11,14H2,1,3H3. The van der Waals surface area contributed by atoms with E-state index in [0.717, 1.165) is 39.0 Å². The molecule has 0 aliphatic carbocycles. The van der Waals surface area contributed by atoms with Crippen molar-refractivity contribution in [2.75, 3.05) is 32.7 Å². The molecule has 0 saturated carbocycles. The second-order valence-corrected chi connectivity index (χ2v) is 4.94. The summed E-state index contributed by atoms with van der Waals surface area (Å²) in [5.74, 6) is 2.70. The van der Waals surface area contributed by atoms with Crippen molar-refractivity contribution in [1.82, 2.24) is 9.80 Å². The number of terminal acetylenes is 1. The van der Waals surface area contributed by atoms with Crippen LogP contribution in [0.15, 0.2) is 0 Å². The number of hydrogen-bond acceptors (Lipinski definition) is 3. The molecule has 1 fully saturated rings. The molecule has 0 radical (unpaired) electrons. The van der Waals surface area contributed by atoms with Gasteiger partial charge in [0.25, 0.3) is 0 Å². The predicted molar refractivity (Wildman–Crippen MR) is 69.4 cm³/mol. The van der Waals surface area contributed by atoms with Crippen LogP contribution in [0.1, 0.15) is 26.7 Å². The van der Waals surface area contributed by atoms with Gasteiger partial charge in [0.15, 0.2) is 0 Å². The zero-order valence-electron chi connectivity index (χ0n) is 10.9. The van der Waals surface area contributed by atoms with E-state index in [2.05, 4.69) is 10.8 Å². The molecular formula is C13H23N3O. The summed E-state index contributed by atoms with van der Waals surface area (Å²) in [6.45, 7) is 7.69. The highest BCUT2D eigenvalue weighted by Crippen LogP contribution is 2.14. The fraction of sp³-hybridized carbons (Fsp3) is 0.769. The molecule has 1 aliphatic rings. The molecule has 0 aromatic carbocycles. The first-order valence-electron chi connectivity index (χ1n) is 6.25. The molecule has 1 rings (SSSR count). The van der Waals surface area contributed by atoms with Crippen molar-refractivity contribution in [1.29, 1.82) is 0 Å². The van der Waals surface area contributed by atoms with Gasteiger partial charge in [-0.1, -0.05) is 19.3 Å². The lowest BCUT2D eigenvalue weighted by molar-refractivity contribution is -0.138. The van der Waals surface area contributed by atoms with Gasteiger partial charge in [-0.3, -0.25) is 9.69 Å². The third-order valence-electron chi connectivity index (χ3n) is 3.23. The first kappa shape index (κ1) is 14.0. The summed E-state index contributed by atoms with van der Waals surface area (Å²) in [4.78, 5) is 16.3. The Morgan fingerprint density at radius 1 is 1.41 bits per heavy atom. The van der Waals surface area contributed by atoms with Crippen molar-refractivity contribution in [2.24, 2.45) is 5.73 Å². The largest absolute Gasteiger partial charge is 0.339 e. The van der Waals surface area contributed by atoms with Crippen LogP contribution in [0.25, 0.3) is 0 Å². The van der Waals surface area contributed by atoms with Gasteiger partial charge < -0.3 is 10.6 Å². The van der Waals surface area contributed by atoms with Gasteiger partial charge in [-0.05, 0) is 13.3 Å². The van der Waals surface area contributed by atoms with Crippen LogP contribution in [-0.4, -0.2) is 54.0 Å². The summed E-state index contributed by atoms with van der Waals surface area (Å²) < 4.78 is 0. The van der Waals surface area contributed by atoms with Crippen LogP contribution in [0, 0.1) is 12.3 Å². The SMILES string of the molecule is C#CCN1CCN(C(=O)C(C)(N)CCC)CC1. The number of nitrogens with zero attached hydrogens (tertiary/aromatic N) is 2. The van der Waals surface area contributed by atoms with Crippen LogP contribution < -0.4 is 5.73 Å². The van der Waals surface area contributed by atoms with Crippen LogP contribution in [0.3, 0.4) is 0 Å². The van der Waals surface area contributed by atoms with Gasteiger partial charge in [0, 0.05) is 26.2 Å². The minimum absolute atomic E-state index is 0.0692. The summed E-state index contributed by atoms with van der Waals surface area (Å²) in [6, 6.07) is 0. The van der Waals surface area contributed by atoms with Crippen LogP contribution in [0.4, 0.5) is 0 Å². The molecule has 96 valence electrons. The molecule has 4 nitrogen and oxygen atoms in total. The van der Waals surface area contributed by atoms with E-state index in [1.165, 1.54) is 0 Å². The smallest absolute Gasteiger partial charge is 0.242 e. The van der Waals surface area contributed by atoms with Gasteiger partial charge in [0.1, 0.15) is 0 Å². The molecular weight excluding hydrogens is 214 g/mol. The molecule has 1 saturated heterocycles. The number of carbonyl (C=O) groups excluding carboxylic acids is 1. The highest BCUT2D eigenvalue weighted by molar-refractivity contribution is 5.85. The van der Waals surface area contributed by atoms with E-state index in [1.807, 2.05) is 18.7 Å². The zero-order valence-corrected chi connectivity index (χ0v) is 10.9. The van der Waals surface area contributed by atoms with Crippen molar-refractivity contribution in [3.63, 3.8) is 0 Å². The van der Waals surface area contributed by atoms with Crippen molar-refractivity contribution < 1.29 is 4.79 Å². The monoisotopic (exact) mass is 237 g/mol. The molecule has 4 heteroatoms. The van der Waals surface area contributed by atoms with Crippen LogP contribution >= 0.6 is 0 Å². The molecule has 1 heterocycles. The topological polar surface area (TPSA) is 49.6 Å². The van der Waals surface area contributed by atoms with E-state index in [0.29, 0.717) is 6.54 Å². The maximum absolute atomic E-state index is 12.2. The molecule has 2 N–H and O–H groups in total. The molecule has 17 heavy (non-hydrogen) atoms. The number of nitrogens with two attached hydrogens (primary N) is 1. The van der Waals surface area contributed by atoms with Crippen LogP contribution in [0.2, 0.25) is 0 Å². The Morgan fingerprint density at radius 3 is 2.47 bits per heavy atom. The predicted octanol–water partition coefficient (Wildman–Crippen LogP) is 0.281. The Hall–Kier alpha value is -1.05. The Bertz CT molecular complexity index is 298. The lowest BCUT2D eigenvalue weighted by Gasteiger charge is -2.37. The summed E-state index contributed by atoms with van der Waals surface area (Å²) in [6.07, 6.45) is 6.93. The second-order valence-electron chi connectivity index (χ2n) is 4.94. The molecule has 1 amide bonds. The van der Waals surface area contributed by atoms with Gasteiger partial charge >= 0.3 is 0 Å². The minimum atomic E-state index is -0.719. The third kappa shape index (κ3) is 3.72. The second kappa shape index (κ2) is 6.04. The van der Waals surface area contributed by atoms with E-state index in [1.54, 1.807) is 0 Å². The Labute approximate surface area is 104 Å². The van der Waals surface area contributed by atoms with Gasteiger partial charge in [0.05, 0.1) is 12.1 Å². The highest BCUT2D eigenvalue weighted by Gasteiger charge is 2.33. The third-order valence-corrected chi connectivity index (χ3v) is 3.23. The lowest BCUT2D eigenvalue weighted by Crippen LogP contribution is -2.58. The average molecular weight is 237 g/mol. The summed E-state index contributed by atoms with van der Waals surface area (Å²) in [5.41, 5.74) is 5.34. The molecule has 0 aromatic rings. The summed E-state index contributed by atoms with van der Waals surface area (Å²) in [5, 5.41) is 0. The number of amides is 1. The van der Waals surface area contributed by atoms with E-state index in [4.69, 9.17) is 12.2 Å².